The first-order valence-electron chi connectivity index (χ1n) is 11.7. The van der Waals surface area contributed by atoms with E-state index in [1.165, 1.54) is 100 Å². The molecule has 0 unspecified atom stereocenters. The van der Waals surface area contributed by atoms with Gasteiger partial charge in [0, 0.05) is 0 Å². The van der Waals surface area contributed by atoms with Crippen molar-refractivity contribution >= 4 is 5.57 Å². The Balaban J connectivity index is 0.00000420. The number of unbranched alkanes of at least 4 members (excludes halogenated alkanes) is 12. The molecule has 0 saturated heterocycles. The third kappa shape index (κ3) is 11.8. The normalized spacial score (nSPS) is 10.4. The van der Waals surface area contributed by atoms with Crippen LogP contribution >= 0.6 is 0 Å². The Labute approximate surface area is 204 Å². The summed E-state index contributed by atoms with van der Waals surface area (Å²) >= 11 is 0. The molecule has 1 heteroatoms. The SMILES string of the molecule is CCCCCCCCCCCCCCC=C(c1ccccc1)c1ccccc1.[H-].[Na+]. The van der Waals surface area contributed by atoms with Crippen LogP contribution in [0, 0.1) is 0 Å². The molecule has 0 saturated carbocycles. The van der Waals surface area contributed by atoms with E-state index in [0.717, 1.165) is 0 Å². The standard InChI is InChI=1S/C28H40.Na.H/c1-2-3-4-5-6-7-8-9-10-11-12-13-20-25-28(26-21-16-14-17-22-26)27-23-18-15-19-24-27;;/h14-19,21-25H,2-13,20H2,1H3;;/q;+1;-1. The van der Waals surface area contributed by atoms with Crippen LogP contribution in [-0.2, 0) is 0 Å². The molecule has 0 atom stereocenters. The number of benzene rings is 2. The fraction of sp³-hybridized carbons (Fsp3) is 0.500. The number of hydrogen-bond acceptors (Lipinski definition) is 0. The van der Waals surface area contributed by atoms with Crippen molar-refractivity contribution in [1.29, 1.82) is 0 Å². The van der Waals surface area contributed by atoms with E-state index in [0.29, 0.717) is 0 Å². The van der Waals surface area contributed by atoms with Gasteiger partial charge in [0.15, 0.2) is 0 Å². The summed E-state index contributed by atoms with van der Waals surface area (Å²) in [5, 5.41) is 0. The fourth-order valence-electron chi connectivity index (χ4n) is 3.87. The van der Waals surface area contributed by atoms with Gasteiger partial charge >= 0.3 is 29.6 Å². The summed E-state index contributed by atoms with van der Waals surface area (Å²) in [6, 6.07) is 21.6. The van der Waals surface area contributed by atoms with Crippen LogP contribution in [-0.4, -0.2) is 0 Å². The van der Waals surface area contributed by atoms with E-state index in [2.05, 4.69) is 73.7 Å². The zero-order chi connectivity index (χ0) is 19.7. The maximum absolute atomic E-state index is 2.45. The molecule has 0 aromatic heterocycles. The minimum Gasteiger partial charge on any atom is -1.00 e. The zero-order valence-electron chi connectivity index (χ0n) is 20.0. The monoisotopic (exact) mass is 400 g/mol. The molecule has 0 heterocycles. The Bertz CT molecular complexity index is 595. The molecule has 0 aliphatic carbocycles. The summed E-state index contributed by atoms with van der Waals surface area (Å²) in [4.78, 5) is 0. The Morgan fingerprint density at radius 3 is 1.38 bits per heavy atom. The predicted molar refractivity (Wildman–Crippen MR) is 127 cm³/mol. The van der Waals surface area contributed by atoms with Crippen molar-refractivity contribution in [2.45, 2.75) is 90.4 Å². The van der Waals surface area contributed by atoms with Crippen molar-refractivity contribution in [3.63, 3.8) is 0 Å². The molecule has 0 amide bonds. The molecule has 0 spiro atoms. The maximum atomic E-state index is 2.45. The molecule has 0 aliphatic heterocycles. The molecule has 0 nitrogen and oxygen atoms in total. The van der Waals surface area contributed by atoms with E-state index in [1.807, 2.05) is 0 Å². The van der Waals surface area contributed by atoms with E-state index in [-0.39, 0.29) is 31.0 Å². The van der Waals surface area contributed by atoms with Crippen LogP contribution in [0.15, 0.2) is 66.7 Å². The Kier molecular flexibility index (Phi) is 16.3. The van der Waals surface area contributed by atoms with E-state index in [1.54, 1.807) is 0 Å². The van der Waals surface area contributed by atoms with Gasteiger partial charge in [0.1, 0.15) is 0 Å². The van der Waals surface area contributed by atoms with Gasteiger partial charge in [-0.3, -0.25) is 0 Å². The second-order valence-electron chi connectivity index (χ2n) is 8.03. The van der Waals surface area contributed by atoms with Crippen LogP contribution in [0.4, 0.5) is 0 Å². The average molecular weight is 401 g/mol. The van der Waals surface area contributed by atoms with Gasteiger partial charge in [-0.05, 0) is 29.5 Å². The molecule has 29 heavy (non-hydrogen) atoms. The molecule has 2 aromatic carbocycles. The van der Waals surface area contributed by atoms with E-state index < -0.39 is 0 Å². The van der Waals surface area contributed by atoms with Crippen LogP contribution in [0.2, 0.25) is 0 Å². The van der Waals surface area contributed by atoms with Crippen molar-refractivity contribution in [1.82, 2.24) is 0 Å². The summed E-state index contributed by atoms with van der Waals surface area (Å²) in [6.45, 7) is 2.29. The molecular formula is C28H41Na. The molecular weight excluding hydrogens is 359 g/mol. The Morgan fingerprint density at radius 2 is 0.966 bits per heavy atom. The summed E-state index contributed by atoms with van der Waals surface area (Å²) < 4.78 is 0. The second-order valence-corrected chi connectivity index (χ2v) is 8.03. The van der Waals surface area contributed by atoms with Gasteiger partial charge in [-0.15, -0.1) is 0 Å². The predicted octanol–water partition coefficient (Wildman–Crippen LogP) is 6.33. The molecule has 2 aromatic rings. The van der Waals surface area contributed by atoms with Crippen molar-refractivity contribution in [3.05, 3.63) is 77.9 Å². The largest absolute Gasteiger partial charge is 1.00 e. The van der Waals surface area contributed by atoms with Gasteiger partial charge in [0.25, 0.3) is 0 Å². The Morgan fingerprint density at radius 1 is 0.586 bits per heavy atom. The minimum atomic E-state index is 0. The summed E-state index contributed by atoms with van der Waals surface area (Å²) in [6.07, 6.45) is 20.6. The average Bonchev–Trinajstić information content (AvgIpc) is 2.75. The minimum absolute atomic E-state index is 0. The van der Waals surface area contributed by atoms with Gasteiger partial charge in [-0.25, -0.2) is 0 Å². The maximum Gasteiger partial charge on any atom is 1.00 e. The number of allylic oxidation sites excluding steroid dienone is 1. The van der Waals surface area contributed by atoms with E-state index >= 15 is 0 Å². The van der Waals surface area contributed by atoms with Crippen LogP contribution in [0.3, 0.4) is 0 Å². The molecule has 0 N–H and O–H groups in total. The molecule has 0 fully saturated rings. The quantitative estimate of drug-likeness (QED) is 0.242. The topological polar surface area (TPSA) is 0 Å². The van der Waals surface area contributed by atoms with Crippen LogP contribution in [0.5, 0.6) is 0 Å². The van der Waals surface area contributed by atoms with Crippen molar-refractivity contribution in [2.75, 3.05) is 0 Å². The van der Waals surface area contributed by atoms with Crippen molar-refractivity contribution in [3.8, 4) is 0 Å². The van der Waals surface area contributed by atoms with E-state index in [4.69, 9.17) is 0 Å². The van der Waals surface area contributed by atoms with Gasteiger partial charge in [0.2, 0.25) is 0 Å². The third-order valence-electron chi connectivity index (χ3n) is 5.58. The molecule has 0 aliphatic rings. The summed E-state index contributed by atoms with van der Waals surface area (Å²) in [5.41, 5.74) is 4.03. The van der Waals surface area contributed by atoms with Crippen LogP contribution in [0.25, 0.3) is 5.57 Å². The first-order chi connectivity index (χ1) is 13.9. The fourth-order valence-corrected chi connectivity index (χ4v) is 3.87. The van der Waals surface area contributed by atoms with Gasteiger partial charge < -0.3 is 1.43 Å². The first kappa shape index (κ1) is 26.2. The van der Waals surface area contributed by atoms with Crippen LogP contribution < -0.4 is 29.6 Å². The molecule has 2 rings (SSSR count). The molecule has 0 bridgehead atoms. The zero-order valence-corrected chi connectivity index (χ0v) is 21.0. The number of rotatable bonds is 15. The molecule has 0 radical (unpaired) electrons. The third-order valence-corrected chi connectivity index (χ3v) is 5.58. The van der Waals surface area contributed by atoms with Gasteiger partial charge in [-0.1, -0.05) is 144 Å². The summed E-state index contributed by atoms with van der Waals surface area (Å²) in [7, 11) is 0. The van der Waals surface area contributed by atoms with E-state index in [9.17, 15) is 0 Å². The van der Waals surface area contributed by atoms with Crippen molar-refractivity contribution < 1.29 is 31.0 Å². The Hall–Kier alpha value is -0.820. The first-order valence-corrected chi connectivity index (χ1v) is 11.7. The number of hydrogen-bond donors (Lipinski definition) is 0. The second kappa shape index (κ2) is 18.0. The molecule has 154 valence electrons. The summed E-state index contributed by atoms with van der Waals surface area (Å²) in [5.74, 6) is 0. The van der Waals surface area contributed by atoms with Gasteiger partial charge in [0.05, 0.1) is 0 Å². The van der Waals surface area contributed by atoms with Gasteiger partial charge in [-0.2, -0.15) is 0 Å². The van der Waals surface area contributed by atoms with Crippen LogP contribution in [0.1, 0.15) is 103 Å². The smallest absolute Gasteiger partial charge is 1.00 e. The van der Waals surface area contributed by atoms with Crippen molar-refractivity contribution in [2.24, 2.45) is 0 Å².